The van der Waals surface area contributed by atoms with Crippen LogP contribution in [0.2, 0.25) is 0 Å². The quantitative estimate of drug-likeness (QED) is 0.747. The fourth-order valence-corrected chi connectivity index (χ4v) is 3.35. The summed E-state index contributed by atoms with van der Waals surface area (Å²) in [5.41, 5.74) is 1.22. The second kappa shape index (κ2) is 5.09. The molecule has 0 radical (unpaired) electrons. The van der Waals surface area contributed by atoms with E-state index in [2.05, 4.69) is 31.1 Å². The van der Waals surface area contributed by atoms with Crippen LogP contribution in [0.5, 0.6) is 0 Å². The first-order chi connectivity index (χ1) is 9.17. The molecule has 2 unspecified atom stereocenters. The molecule has 4 nitrogen and oxygen atoms in total. The number of hydrogen-bond donors (Lipinski definition) is 3. The maximum atomic E-state index is 14.1. The Balaban J connectivity index is 1.94. The lowest BCUT2D eigenvalue weighted by molar-refractivity contribution is 0.272. The third-order valence-corrected chi connectivity index (χ3v) is 4.25. The smallest absolute Gasteiger partial charge is 0.166 e. The van der Waals surface area contributed by atoms with Crippen LogP contribution in [0.15, 0.2) is 22.6 Å². The largest absolute Gasteiger partial charge is 0.364 e. The zero-order valence-corrected chi connectivity index (χ0v) is 12.0. The maximum Gasteiger partial charge on any atom is 0.166 e. The van der Waals surface area contributed by atoms with Gasteiger partial charge in [-0.15, -0.1) is 0 Å². The van der Waals surface area contributed by atoms with Crippen LogP contribution in [-0.4, -0.2) is 41.3 Å². The summed E-state index contributed by atoms with van der Waals surface area (Å²) in [5.74, 6) is -0.490. The van der Waals surface area contributed by atoms with Gasteiger partial charge in [0, 0.05) is 35.8 Å². The average Bonchev–Trinajstić information content (AvgIpc) is 2.96. The number of H-pyrrole nitrogens is 1. The van der Waals surface area contributed by atoms with Gasteiger partial charge in [-0.2, -0.15) is 0 Å². The summed E-state index contributed by atoms with van der Waals surface area (Å²) in [4.78, 5) is 5.11. The summed E-state index contributed by atoms with van der Waals surface area (Å²) in [7, 11) is 0. The summed E-state index contributed by atoms with van der Waals surface area (Å²) in [6.45, 7) is 1.59. The lowest BCUT2D eigenvalue weighted by atomic mass is 10.1. The van der Waals surface area contributed by atoms with Gasteiger partial charge in [0.15, 0.2) is 5.83 Å². The number of nitrogens with one attached hydrogen (secondary N) is 3. The Bertz CT molecular complexity index is 512. The van der Waals surface area contributed by atoms with Gasteiger partial charge >= 0.3 is 0 Å². The predicted molar refractivity (Wildman–Crippen MR) is 76.8 cm³/mol. The molecule has 3 heterocycles. The van der Waals surface area contributed by atoms with Crippen molar-refractivity contribution in [2.45, 2.75) is 24.9 Å². The number of halogens is 2. The number of hydrogen-bond acceptors (Lipinski definition) is 3. The van der Waals surface area contributed by atoms with Crippen molar-refractivity contribution in [3.63, 3.8) is 0 Å². The monoisotopic (exact) mass is 326 g/mol. The van der Waals surface area contributed by atoms with Gasteiger partial charge in [-0.1, -0.05) is 0 Å². The maximum absolute atomic E-state index is 14.1. The second-order valence-electron chi connectivity index (χ2n) is 5.12. The van der Waals surface area contributed by atoms with E-state index in [1.165, 1.54) is 0 Å². The van der Waals surface area contributed by atoms with Crippen LogP contribution in [-0.2, 0) is 0 Å². The minimum absolute atomic E-state index is 0.436. The first kappa shape index (κ1) is 12.9. The van der Waals surface area contributed by atoms with Crippen molar-refractivity contribution < 1.29 is 4.39 Å². The van der Waals surface area contributed by atoms with Crippen molar-refractivity contribution in [3.05, 3.63) is 28.3 Å². The van der Waals surface area contributed by atoms with E-state index in [1.54, 1.807) is 6.20 Å². The number of nitrogens with zero attached hydrogens (tertiary/aromatic N) is 1. The number of piperazine rings is 1. The normalized spacial score (nSPS) is 27.4. The molecule has 19 heavy (non-hydrogen) atoms. The Kier molecular flexibility index (Phi) is 3.45. The van der Waals surface area contributed by atoms with Gasteiger partial charge in [-0.05, 0) is 34.8 Å². The highest BCUT2D eigenvalue weighted by Gasteiger charge is 2.34. The lowest BCUT2D eigenvalue weighted by Crippen LogP contribution is -2.50. The molecule has 0 saturated carbocycles. The topological polar surface area (TPSA) is 54.9 Å². The molecule has 2 atom stereocenters. The average molecular weight is 327 g/mol. The number of fused-ring (bicyclic) bond motifs is 2. The second-order valence-corrected chi connectivity index (χ2v) is 6.03. The van der Waals surface area contributed by atoms with E-state index < -0.39 is 5.83 Å². The minimum Gasteiger partial charge on any atom is -0.364 e. The van der Waals surface area contributed by atoms with Gasteiger partial charge in [0.05, 0.1) is 17.6 Å². The fourth-order valence-electron chi connectivity index (χ4n) is 3.00. The van der Waals surface area contributed by atoms with Gasteiger partial charge in [-0.25, -0.2) is 4.39 Å². The third kappa shape index (κ3) is 2.47. The number of aromatic amines is 1. The predicted octanol–water partition coefficient (Wildman–Crippen LogP) is 2.50. The van der Waals surface area contributed by atoms with E-state index in [-0.39, 0.29) is 0 Å². The van der Waals surface area contributed by atoms with E-state index >= 15 is 0 Å². The molecule has 0 amide bonds. The number of rotatable bonds is 3. The summed E-state index contributed by atoms with van der Waals surface area (Å²) >= 11 is 3.37. The van der Waals surface area contributed by atoms with Crippen molar-refractivity contribution in [2.24, 2.45) is 0 Å². The first-order valence-electron chi connectivity index (χ1n) is 6.43. The Labute approximate surface area is 119 Å². The van der Waals surface area contributed by atoms with Crippen molar-refractivity contribution in [2.75, 3.05) is 13.1 Å². The molecule has 6 heteroatoms. The van der Waals surface area contributed by atoms with Gasteiger partial charge < -0.3 is 20.6 Å². The molecule has 0 aliphatic carbocycles. The van der Waals surface area contributed by atoms with Crippen molar-refractivity contribution in [1.29, 1.82) is 5.41 Å². The Hall–Kier alpha value is -1.14. The molecule has 0 spiro atoms. The van der Waals surface area contributed by atoms with Crippen LogP contribution >= 0.6 is 15.9 Å². The van der Waals surface area contributed by atoms with Crippen LogP contribution in [0.3, 0.4) is 0 Å². The van der Waals surface area contributed by atoms with Crippen LogP contribution in [0, 0.1) is 5.41 Å². The molecular formula is C13H16BrFN4. The van der Waals surface area contributed by atoms with Gasteiger partial charge in [-0.3, -0.25) is 0 Å². The highest BCUT2D eigenvalue weighted by molar-refractivity contribution is 9.10. The zero-order chi connectivity index (χ0) is 13.4. The van der Waals surface area contributed by atoms with Gasteiger partial charge in [0.25, 0.3) is 0 Å². The summed E-state index contributed by atoms with van der Waals surface area (Å²) in [6.07, 6.45) is 4.86. The summed E-state index contributed by atoms with van der Waals surface area (Å²) in [5, 5.41) is 10.7. The van der Waals surface area contributed by atoms with E-state index in [9.17, 15) is 4.39 Å². The molecule has 2 aliphatic rings. The van der Waals surface area contributed by atoms with Crippen molar-refractivity contribution in [1.82, 2.24) is 15.2 Å². The van der Waals surface area contributed by atoms with Crippen LogP contribution < -0.4 is 5.32 Å². The molecule has 0 aromatic carbocycles. The van der Waals surface area contributed by atoms with Crippen LogP contribution in [0.25, 0.3) is 5.70 Å². The minimum atomic E-state index is -0.490. The number of aromatic nitrogens is 1. The van der Waals surface area contributed by atoms with E-state index in [0.717, 1.165) is 36.6 Å². The fraction of sp³-hybridized carbons (Fsp3) is 0.462. The third-order valence-electron chi connectivity index (χ3n) is 3.79. The molecule has 2 aliphatic heterocycles. The number of allylic oxidation sites excluding steroid dienone is 1. The molecular weight excluding hydrogens is 311 g/mol. The van der Waals surface area contributed by atoms with E-state index in [4.69, 9.17) is 5.41 Å². The SMILES string of the molecule is N=C/C(F)=C(\c1cc(Br)c[nH]1)N1CC2CCC(C1)N2. The standard InChI is InChI=1S/C13H16BrFN4/c14-8-3-12(17-5-8)13(11(15)4-16)19-6-9-1-2-10(7-19)18-9/h3-5,9-10,16-18H,1-2,6-7H2/b13-11-,16-4?. The molecule has 3 N–H and O–H groups in total. The summed E-state index contributed by atoms with van der Waals surface area (Å²) < 4.78 is 15.0. The van der Waals surface area contributed by atoms with Crippen LogP contribution in [0.1, 0.15) is 18.5 Å². The molecule has 2 fully saturated rings. The summed E-state index contributed by atoms with van der Waals surface area (Å²) in [6, 6.07) is 2.72. The van der Waals surface area contributed by atoms with Gasteiger partial charge in [0.2, 0.25) is 0 Å². The molecule has 1 aromatic rings. The van der Waals surface area contributed by atoms with Crippen molar-refractivity contribution in [3.8, 4) is 0 Å². The Morgan fingerprint density at radius 2 is 2.11 bits per heavy atom. The highest BCUT2D eigenvalue weighted by Crippen LogP contribution is 2.30. The molecule has 2 saturated heterocycles. The zero-order valence-electron chi connectivity index (χ0n) is 10.4. The highest BCUT2D eigenvalue weighted by atomic mass is 79.9. The lowest BCUT2D eigenvalue weighted by Gasteiger charge is -2.35. The number of likely N-dealkylation sites (tertiary alicyclic amines) is 1. The first-order valence-corrected chi connectivity index (χ1v) is 7.22. The molecule has 2 bridgehead atoms. The Morgan fingerprint density at radius 1 is 1.42 bits per heavy atom. The molecule has 3 rings (SSSR count). The van der Waals surface area contributed by atoms with E-state index in [0.29, 0.717) is 23.5 Å². The van der Waals surface area contributed by atoms with Crippen molar-refractivity contribution >= 4 is 27.8 Å². The van der Waals surface area contributed by atoms with E-state index in [1.807, 2.05) is 6.07 Å². The van der Waals surface area contributed by atoms with Gasteiger partial charge in [0.1, 0.15) is 0 Å². The Morgan fingerprint density at radius 3 is 2.63 bits per heavy atom. The molecule has 102 valence electrons. The van der Waals surface area contributed by atoms with Crippen LogP contribution in [0.4, 0.5) is 4.39 Å². The molecule has 1 aromatic heterocycles.